The molecule has 162 valence electrons. The Balaban J connectivity index is 1.45. The van der Waals surface area contributed by atoms with Gasteiger partial charge in [0.2, 0.25) is 17.6 Å². The Morgan fingerprint density at radius 3 is 2.42 bits per heavy atom. The number of ether oxygens (including phenoxy) is 2. The van der Waals surface area contributed by atoms with Gasteiger partial charge in [0.05, 0.1) is 12.5 Å². The normalized spacial score (nSPS) is 16.6. The summed E-state index contributed by atoms with van der Waals surface area (Å²) in [5.74, 6) is 0.554. The molecule has 1 unspecified atom stereocenters. The molecule has 4 rings (SSSR count). The average molecular weight is 433 g/mol. The van der Waals surface area contributed by atoms with Crippen molar-refractivity contribution in [3.8, 4) is 22.9 Å². The number of amides is 1. The molecule has 1 fully saturated rings. The lowest BCUT2D eigenvalue weighted by atomic mass is 10.1. The molecule has 1 amide bonds. The number of hydrogen-bond acceptors (Lipinski definition) is 6. The number of nitrogens with zero attached hydrogens (tertiary/aromatic N) is 3. The standard InChI is InChI=1S/C21H18F3N3O4/c1-2-29-16-9-5-15(6-10-16)27-12-14(11-18(27)28)20-25-19(26-31-20)13-3-7-17(8-4-13)30-21(22,23)24/h3-10,14H,2,11-12H2,1H3. The molecule has 0 spiro atoms. The lowest BCUT2D eigenvalue weighted by Gasteiger charge is -2.16. The fourth-order valence-corrected chi connectivity index (χ4v) is 3.34. The van der Waals surface area contributed by atoms with E-state index in [0.29, 0.717) is 24.6 Å². The number of carbonyl (C=O) groups excluding carboxylic acids is 1. The Labute approximate surface area is 175 Å². The molecule has 0 bridgehead atoms. The minimum atomic E-state index is -4.76. The second-order valence-corrected chi connectivity index (χ2v) is 6.86. The van der Waals surface area contributed by atoms with Gasteiger partial charge in [0.1, 0.15) is 11.5 Å². The highest BCUT2D eigenvalue weighted by Gasteiger charge is 2.35. The van der Waals surface area contributed by atoms with Gasteiger partial charge in [0.15, 0.2) is 0 Å². The van der Waals surface area contributed by atoms with Crippen LogP contribution >= 0.6 is 0 Å². The SMILES string of the molecule is CCOc1ccc(N2CC(c3nc(-c4ccc(OC(F)(F)F)cc4)no3)CC2=O)cc1. The van der Waals surface area contributed by atoms with E-state index in [4.69, 9.17) is 9.26 Å². The van der Waals surface area contributed by atoms with E-state index in [0.717, 1.165) is 11.4 Å². The quantitative estimate of drug-likeness (QED) is 0.568. The molecule has 0 saturated carbocycles. The van der Waals surface area contributed by atoms with Gasteiger partial charge < -0.3 is 18.9 Å². The lowest BCUT2D eigenvalue weighted by molar-refractivity contribution is -0.274. The molecule has 0 N–H and O–H groups in total. The van der Waals surface area contributed by atoms with Gasteiger partial charge in [-0.15, -0.1) is 13.2 Å². The molecule has 1 saturated heterocycles. The minimum absolute atomic E-state index is 0.0671. The predicted molar refractivity (Wildman–Crippen MR) is 104 cm³/mol. The minimum Gasteiger partial charge on any atom is -0.494 e. The summed E-state index contributed by atoms with van der Waals surface area (Å²) in [4.78, 5) is 18.5. The van der Waals surface area contributed by atoms with Crippen molar-refractivity contribution in [2.75, 3.05) is 18.1 Å². The summed E-state index contributed by atoms with van der Waals surface area (Å²) in [6.07, 6.45) is -4.54. The molecule has 0 radical (unpaired) electrons. The van der Waals surface area contributed by atoms with Crippen LogP contribution in [0, 0.1) is 0 Å². The summed E-state index contributed by atoms with van der Waals surface area (Å²) in [7, 11) is 0. The molecule has 1 aliphatic rings. The zero-order valence-corrected chi connectivity index (χ0v) is 16.4. The maximum Gasteiger partial charge on any atom is 0.573 e. The van der Waals surface area contributed by atoms with Crippen molar-refractivity contribution >= 4 is 11.6 Å². The Bertz CT molecular complexity index is 1050. The Kier molecular flexibility index (Phi) is 5.53. The number of carbonyl (C=O) groups is 1. The molecule has 7 nitrogen and oxygen atoms in total. The Hall–Kier alpha value is -3.56. The van der Waals surface area contributed by atoms with Gasteiger partial charge in [-0.25, -0.2) is 0 Å². The first-order valence-corrected chi connectivity index (χ1v) is 9.55. The third-order valence-electron chi connectivity index (χ3n) is 4.72. The highest BCUT2D eigenvalue weighted by Crippen LogP contribution is 2.33. The number of benzene rings is 2. The maximum absolute atomic E-state index is 12.5. The van der Waals surface area contributed by atoms with Gasteiger partial charge in [0, 0.05) is 24.2 Å². The van der Waals surface area contributed by atoms with E-state index in [1.165, 1.54) is 24.3 Å². The third-order valence-corrected chi connectivity index (χ3v) is 4.72. The van der Waals surface area contributed by atoms with Crippen LogP contribution in [0.4, 0.5) is 18.9 Å². The van der Waals surface area contributed by atoms with Gasteiger partial charge in [-0.3, -0.25) is 4.79 Å². The van der Waals surface area contributed by atoms with E-state index < -0.39 is 6.36 Å². The highest BCUT2D eigenvalue weighted by molar-refractivity contribution is 5.96. The molecule has 10 heteroatoms. The molecule has 2 heterocycles. The van der Waals surface area contributed by atoms with Crippen molar-refractivity contribution in [2.24, 2.45) is 0 Å². The molecule has 1 atom stereocenters. The molecule has 0 aliphatic carbocycles. The number of alkyl halides is 3. The van der Waals surface area contributed by atoms with Crippen LogP contribution in [-0.4, -0.2) is 35.6 Å². The number of rotatable bonds is 6. The van der Waals surface area contributed by atoms with Crippen molar-refractivity contribution in [2.45, 2.75) is 25.6 Å². The van der Waals surface area contributed by atoms with Crippen LogP contribution < -0.4 is 14.4 Å². The maximum atomic E-state index is 12.5. The summed E-state index contributed by atoms with van der Waals surface area (Å²) < 4.78 is 51.4. The van der Waals surface area contributed by atoms with E-state index in [-0.39, 0.29) is 29.8 Å². The summed E-state index contributed by atoms with van der Waals surface area (Å²) in [5, 5.41) is 3.89. The highest BCUT2D eigenvalue weighted by atomic mass is 19.4. The molecule has 2 aromatic carbocycles. The molecular weight excluding hydrogens is 415 g/mol. The number of halogens is 3. The van der Waals surface area contributed by atoms with Crippen LogP contribution in [0.5, 0.6) is 11.5 Å². The Morgan fingerprint density at radius 2 is 1.77 bits per heavy atom. The molecule has 1 aromatic heterocycles. The van der Waals surface area contributed by atoms with Crippen LogP contribution in [0.25, 0.3) is 11.4 Å². The first-order chi connectivity index (χ1) is 14.8. The van der Waals surface area contributed by atoms with E-state index in [1.807, 2.05) is 19.1 Å². The summed E-state index contributed by atoms with van der Waals surface area (Å²) in [5.41, 5.74) is 1.22. The van der Waals surface area contributed by atoms with E-state index in [2.05, 4.69) is 14.9 Å². The lowest BCUT2D eigenvalue weighted by Crippen LogP contribution is -2.24. The van der Waals surface area contributed by atoms with E-state index >= 15 is 0 Å². The molecule has 31 heavy (non-hydrogen) atoms. The van der Waals surface area contributed by atoms with E-state index in [9.17, 15) is 18.0 Å². The summed E-state index contributed by atoms with van der Waals surface area (Å²) in [6.45, 7) is 2.83. The Morgan fingerprint density at radius 1 is 1.10 bits per heavy atom. The van der Waals surface area contributed by atoms with Gasteiger partial charge in [-0.05, 0) is 55.5 Å². The van der Waals surface area contributed by atoms with Crippen LogP contribution in [0.1, 0.15) is 25.2 Å². The smallest absolute Gasteiger partial charge is 0.494 e. The van der Waals surface area contributed by atoms with Crippen molar-refractivity contribution in [3.05, 3.63) is 54.4 Å². The molecular formula is C21H18F3N3O4. The molecule has 1 aliphatic heterocycles. The summed E-state index contributed by atoms with van der Waals surface area (Å²) in [6, 6.07) is 12.4. The largest absolute Gasteiger partial charge is 0.573 e. The first kappa shape index (κ1) is 20.7. The van der Waals surface area contributed by atoms with Crippen LogP contribution in [0.15, 0.2) is 53.1 Å². The molecule has 3 aromatic rings. The van der Waals surface area contributed by atoms with Crippen molar-refractivity contribution in [1.82, 2.24) is 10.1 Å². The number of aromatic nitrogens is 2. The average Bonchev–Trinajstić information content (AvgIpc) is 3.35. The van der Waals surface area contributed by atoms with Crippen LogP contribution in [0.3, 0.4) is 0 Å². The first-order valence-electron chi connectivity index (χ1n) is 9.55. The zero-order valence-electron chi connectivity index (χ0n) is 16.4. The topological polar surface area (TPSA) is 77.7 Å². The second kappa shape index (κ2) is 8.29. The monoisotopic (exact) mass is 433 g/mol. The van der Waals surface area contributed by atoms with Crippen LogP contribution in [-0.2, 0) is 4.79 Å². The summed E-state index contributed by atoms with van der Waals surface area (Å²) >= 11 is 0. The fraction of sp³-hybridized carbons (Fsp3) is 0.286. The van der Waals surface area contributed by atoms with Gasteiger partial charge in [-0.2, -0.15) is 4.98 Å². The third kappa shape index (κ3) is 4.79. The zero-order chi connectivity index (χ0) is 22.0. The van der Waals surface area contributed by atoms with Gasteiger partial charge in [0.25, 0.3) is 0 Å². The van der Waals surface area contributed by atoms with Crippen molar-refractivity contribution in [3.63, 3.8) is 0 Å². The van der Waals surface area contributed by atoms with Crippen LogP contribution in [0.2, 0.25) is 0 Å². The number of hydrogen-bond donors (Lipinski definition) is 0. The second-order valence-electron chi connectivity index (χ2n) is 6.86. The fourth-order valence-electron chi connectivity index (χ4n) is 3.34. The predicted octanol–water partition coefficient (Wildman–Crippen LogP) is 4.55. The van der Waals surface area contributed by atoms with Gasteiger partial charge >= 0.3 is 6.36 Å². The van der Waals surface area contributed by atoms with Crippen molar-refractivity contribution in [1.29, 1.82) is 0 Å². The number of anilines is 1. The van der Waals surface area contributed by atoms with E-state index in [1.54, 1.807) is 17.0 Å². The van der Waals surface area contributed by atoms with Gasteiger partial charge in [-0.1, -0.05) is 5.16 Å². The van der Waals surface area contributed by atoms with Crippen molar-refractivity contribution < 1.29 is 32.0 Å².